The third kappa shape index (κ3) is 4.55. The van der Waals surface area contributed by atoms with Crippen LogP contribution in [-0.4, -0.2) is 24.7 Å². The molecule has 2 rings (SSSR count). The van der Waals surface area contributed by atoms with Gasteiger partial charge in [-0.05, 0) is 77.3 Å². The van der Waals surface area contributed by atoms with Crippen molar-refractivity contribution >= 4 is 43.9 Å². The Morgan fingerprint density at radius 1 is 1.28 bits per heavy atom. The van der Waals surface area contributed by atoms with Crippen LogP contribution in [0.2, 0.25) is 0 Å². The van der Waals surface area contributed by atoms with E-state index in [-0.39, 0.29) is 18.7 Å². The number of allylic oxidation sites excluding steroid dienone is 1. The number of rotatable bonds is 5. The smallest absolute Gasteiger partial charge is 0.338 e. The molecule has 0 radical (unpaired) electrons. The van der Waals surface area contributed by atoms with E-state index in [9.17, 15) is 9.59 Å². The van der Waals surface area contributed by atoms with Crippen LogP contribution >= 0.6 is 31.9 Å². The Balaban J connectivity index is 2.49. The molecule has 8 heteroatoms. The van der Waals surface area contributed by atoms with E-state index in [1.807, 2.05) is 26.0 Å². The van der Waals surface area contributed by atoms with Crippen LogP contribution in [0.15, 0.2) is 32.3 Å². The van der Waals surface area contributed by atoms with E-state index < -0.39 is 12.0 Å². The highest BCUT2D eigenvalue weighted by Gasteiger charge is 2.32. The summed E-state index contributed by atoms with van der Waals surface area (Å²) in [5.74, 6) is 0.199. The molecule has 1 aromatic rings. The number of hydrogen-bond acceptors (Lipinski definition) is 4. The zero-order valence-corrected chi connectivity index (χ0v) is 17.6. The Labute approximate surface area is 163 Å². The van der Waals surface area contributed by atoms with Gasteiger partial charge in [-0.15, -0.1) is 0 Å². The molecule has 0 saturated heterocycles. The van der Waals surface area contributed by atoms with Gasteiger partial charge in [0.2, 0.25) is 0 Å². The fourth-order valence-electron chi connectivity index (χ4n) is 2.52. The first-order chi connectivity index (χ1) is 11.7. The number of halogens is 2. The molecule has 0 bridgehead atoms. The van der Waals surface area contributed by atoms with Gasteiger partial charge in [0, 0.05) is 5.70 Å². The highest BCUT2D eigenvalue weighted by molar-refractivity contribution is 9.11. The fourth-order valence-corrected chi connectivity index (χ4v) is 3.93. The van der Waals surface area contributed by atoms with Crippen LogP contribution < -0.4 is 15.4 Å². The number of carbonyl (C=O) groups is 2. The van der Waals surface area contributed by atoms with Crippen molar-refractivity contribution < 1.29 is 19.1 Å². The third-order valence-electron chi connectivity index (χ3n) is 3.47. The number of ether oxygens (including phenoxy) is 2. The molecule has 1 unspecified atom stereocenters. The first-order valence-corrected chi connectivity index (χ1v) is 9.44. The molecule has 1 aliphatic rings. The molecule has 2 amide bonds. The minimum absolute atomic E-state index is 0.00858. The van der Waals surface area contributed by atoms with Crippen molar-refractivity contribution in [2.45, 2.75) is 39.8 Å². The largest absolute Gasteiger partial charge is 0.489 e. The number of amides is 2. The lowest BCUT2D eigenvalue weighted by Gasteiger charge is -2.28. The topological polar surface area (TPSA) is 76.7 Å². The SMILES string of the molecule is CCOC(=O)C1=C(C)NC(=O)NC1c1cc(Br)c(OC(C)C)c(Br)c1. The fraction of sp³-hybridized carbons (Fsp3) is 0.412. The number of urea groups is 1. The minimum atomic E-state index is -0.617. The van der Waals surface area contributed by atoms with Crippen molar-refractivity contribution in [3.8, 4) is 5.75 Å². The van der Waals surface area contributed by atoms with Gasteiger partial charge in [-0.2, -0.15) is 0 Å². The Morgan fingerprint density at radius 3 is 2.40 bits per heavy atom. The molecule has 25 heavy (non-hydrogen) atoms. The van der Waals surface area contributed by atoms with E-state index in [0.29, 0.717) is 17.0 Å². The van der Waals surface area contributed by atoms with Crippen LogP contribution in [0.5, 0.6) is 5.75 Å². The van der Waals surface area contributed by atoms with Crippen molar-refractivity contribution in [2.24, 2.45) is 0 Å². The maximum atomic E-state index is 12.4. The number of esters is 1. The lowest BCUT2D eigenvalue weighted by molar-refractivity contribution is -0.139. The Morgan fingerprint density at radius 2 is 1.88 bits per heavy atom. The molecule has 0 fully saturated rings. The normalized spacial score (nSPS) is 17.2. The Bertz CT molecular complexity index is 708. The molecular weight excluding hydrogens is 456 g/mol. The maximum Gasteiger partial charge on any atom is 0.338 e. The molecule has 6 nitrogen and oxygen atoms in total. The van der Waals surface area contributed by atoms with Crippen molar-refractivity contribution in [1.82, 2.24) is 10.6 Å². The minimum Gasteiger partial charge on any atom is -0.489 e. The van der Waals surface area contributed by atoms with E-state index in [1.165, 1.54) is 0 Å². The van der Waals surface area contributed by atoms with E-state index in [4.69, 9.17) is 9.47 Å². The molecular formula is C17H20Br2N2O4. The van der Waals surface area contributed by atoms with E-state index in [0.717, 1.165) is 14.5 Å². The standard InChI is InChI=1S/C17H20Br2N2O4/c1-5-24-16(22)13-9(4)20-17(23)21-14(13)10-6-11(18)15(12(19)7-10)25-8(2)3/h6-8,14H,5H2,1-4H3,(H2,20,21,23). The van der Waals surface area contributed by atoms with Gasteiger partial charge >= 0.3 is 12.0 Å². The highest BCUT2D eigenvalue weighted by Crippen LogP contribution is 2.39. The van der Waals surface area contributed by atoms with Gasteiger partial charge in [-0.3, -0.25) is 0 Å². The van der Waals surface area contributed by atoms with Gasteiger partial charge in [0.1, 0.15) is 5.75 Å². The molecule has 2 N–H and O–H groups in total. The summed E-state index contributed by atoms with van der Waals surface area (Å²) in [6.07, 6.45) is 0.00858. The van der Waals surface area contributed by atoms with Gasteiger partial charge in [0.05, 0.1) is 33.3 Å². The predicted octanol–water partition coefficient (Wildman–Crippen LogP) is 4.19. The summed E-state index contributed by atoms with van der Waals surface area (Å²) in [5.41, 5.74) is 1.58. The van der Waals surface area contributed by atoms with Crippen LogP contribution in [0, 0.1) is 0 Å². The Kier molecular flexibility index (Phi) is 6.51. The maximum absolute atomic E-state index is 12.4. The number of benzene rings is 1. The second-order valence-corrected chi connectivity index (χ2v) is 7.48. The zero-order chi connectivity index (χ0) is 18.7. The third-order valence-corrected chi connectivity index (χ3v) is 4.65. The summed E-state index contributed by atoms with van der Waals surface area (Å²) in [7, 11) is 0. The van der Waals surface area contributed by atoms with Crippen molar-refractivity contribution in [1.29, 1.82) is 0 Å². The van der Waals surface area contributed by atoms with Crippen LogP contribution in [0.25, 0.3) is 0 Å². The van der Waals surface area contributed by atoms with Gasteiger partial charge in [0.15, 0.2) is 0 Å². The average molecular weight is 476 g/mol. The molecule has 0 spiro atoms. The second kappa shape index (κ2) is 8.23. The molecule has 1 heterocycles. The molecule has 1 aliphatic heterocycles. The van der Waals surface area contributed by atoms with Crippen LogP contribution in [0.1, 0.15) is 39.3 Å². The lowest BCUT2D eigenvalue weighted by atomic mass is 9.95. The predicted molar refractivity (Wildman–Crippen MR) is 101 cm³/mol. The second-order valence-electron chi connectivity index (χ2n) is 5.77. The zero-order valence-electron chi connectivity index (χ0n) is 14.4. The van der Waals surface area contributed by atoms with Gasteiger partial charge in [-0.1, -0.05) is 0 Å². The van der Waals surface area contributed by atoms with Crippen LogP contribution in [0.4, 0.5) is 4.79 Å². The molecule has 136 valence electrons. The summed E-state index contributed by atoms with van der Waals surface area (Å²) in [6, 6.07) is 2.66. The van der Waals surface area contributed by atoms with E-state index in [1.54, 1.807) is 13.8 Å². The summed E-state index contributed by atoms with van der Waals surface area (Å²) in [5, 5.41) is 5.39. The van der Waals surface area contributed by atoms with Crippen molar-refractivity contribution in [3.63, 3.8) is 0 Å². The molecule has 0 aliphatic carbocycles. The van der Waals surface area contributed by atoms with Crippen LogP contribution in [0.3, 0.4) is 0 Å². The van der Waals surface area contributed by atoms with Crippen molar-refractivity contribution in [3.05, 3.63) is 37.9 Å². The first-order valence-electron chi connectivity index (χ1n) is 7.85. The number of nitrogens with one attached hydrogen (secondary N) is 2. The lowest BCUT2D eigenvalue weighted by Crippen LogP contribution is -2.45. The van der Waals surface area contributed by atoms with Gasteiger partial charge in [-0.25, -0.2) is 9.59 Å². The van der Waals surface area contributed by atoms with E-state index in [2.05, 4.69) is 42.5 Å². The van der Waals surface area contributed by atoms with Gasteiger partial charge < -0.3 is 20.1 Å². The molecule has 1 atom stereocenters. The molecule has 0 aromatic heterocycles. The Hall–Kier alpha value is -1.54. The van der Waals surface area contributed by atoms with Crippen LogP contribution in [-0.2, 0) is 9.53 Å². The number of carbonyl (C=O) groups excluding carboxylic acids is 2. The summed E-state index contributed by atoms with van der Waals surface area (Å²) >= 11 is 6.99. The van der Waals surface area contributed by atoms with E-state index >= 15 is 0 Å². The first kappa shape index (κ1) is 19.8. The number of hydrogen-bond donors (Lipinski definition) is 2. The summed E-state index contributed by atoms with van der Waals surface area (Å²) in [6.45, 7) is 7.54. The quantitative estimate of drug-likeness (QED) is 0.626. The highest BCUT2D eigenvalue weighted by atomic mass is 79.9. The molecule has 1 aromatic carbocycles. The summed E-state index contributed by atoms with van der Waals surface area (Å²) in [4.78, 5) is 24.3. The monoisotopic (exact) mass is 474 g/mol. The molecule has 0 saturated carbocycles. The van der Waals surface area contributed by atoms with Crippen molar-refractivity contribution in [2.75, 3.05) is 6.61 Å². The average Bonchev–Trinajstić information content (AvgIpc) is 2.49. The summed E-state index contributed by atoms with van der Waals surface area (Å²) < 4.78 is 12.4. The van der Waals surface area contributed by atoms with Gasteiger partial charge in [0.25, 0.3) is 0 Å².